The quantitative estimate of drug-likeness (QED) is 0.826. The number of nitrogens with one attached hydrogen (secondary N) is 1. The number of imidazole rings is 1. The van der Waals surface area contributed by atoms with Gasteiger partial charge in [0.1, 0.15) is 5.82 Å². The third-order valence-electron chi connectivity index (χ3n) is 1.56. The molecule has 0 aliphatic heterocycles. The lowest BCUT2D eigenvalue weighted by Gasteiger charge is -2.06. The normalized spacial score (nSPS) is 10.9. The summed E-state index contributed by atoms with van der Waals surface area (Å²) in [4.78, 5) is 3.78. The fraction of sp³-hybridized carbons (Fsp3) is 0.375. The zero-order valence-electron chi connectivity index (χ0n) is 7.38. The van der Waals surface area contributed by atoms with E-state index in [1.165, 1.54) is 12.4 Å². The van der Waals surface area contributed by atoms with Gasteiger partial charge in [-0.15, -0.1) is 0 Å². The van der Waals surface area contributed by atoms with Gasteiger partial charge in [0.25, 0.3) is 0 Å². The van der Waals surface area contributed by atoms with E-state index in [2.05, 4.69) is 16.9 Å². The summed E-state index contributed by atoms with van der Waals surface area (Å²) < 4.78 is 25.4. The summed E-state index contributed by atoms with van der Waals surface area (Å²) in [6, 6.07) is 0. The molecule has 0 aliphatic rings. The van der Waals surface area contributed by atoms with Gasteiger partial charge < -0.3 is 5.32 Å². The Morgan fingerprint density at radius 3 is 3.00 bits per heavy atom. The number of aromatic nitrogens is 2. The first-order valence-corrected chi connectivity index (χ1v) is 4.33. The molecule has 0 fully saturated rings. The van der Waals surface area contributed by atoms with Crippen molar-refractivity contribution in [3.63, 3.8) is 0 Å². The highest BCUT2D eigenvalue weighted by molar-refractivity contribution is 6.29. The number of alkyl halides is 2. The van der Waals surface area contributed by atoms with Gasteiger partial charge in [0.2, 0.25) is 0 Å². The summed E-state index contributed by atoms with van der Waals surface area (Å²) in [7, 11) is 0. The molecule has 6 heteroatoms. The van der Waals surface area contributed by atoms with Crippen molar-refractivity contribution in [1.29, 1.82) is 0 Å². The van der Waals surface area contributed by atoms with Gasteiger partial charge in [-0.2, -0.15) is 8.78 Å². The minimum Gasteiger partial charge on any atom is -0.305 e. The van der Waals surface area contributed by atoms with Crippen LogP contribution in [0.2, 0.25) is 0 Å². The largest absolute Gasteiger partial charge is 0.319 e. The first kappa shape index (κ1) is 11.1. The molecule has 1 heterocycles. The van der Waals surface area contributed by atoms with Crippen LogP contribution in [0.1, 0.15) is 12.4 Å². The third-order valence-corrected chi connectivity index (χ3v) is 1.69. The van der Waals surface area contributed by atoms with Crippen LogP contribution in [-0.2, 0) is 6.54 Å². The minimum absolute atomic E-state index is 0.239. The smallest absolute Gasteiger partial charge is 0.305 e. The molecule has 1 aromatic rings. The standard InChI is InChI=1S/C8H10ClF2N3/c1-6(9)4-12-5-7-13-2-3-14(7)8(10)11/h2-3,8,12H,1,4-5H2. The van der Waals surface area contributed by atoms with Crippen LogP contribution in [0.3, 0.4) is 0 Å². The Bertz CT molecular complexity index is 311. The van der Waals surface area contributed by atoms with E-state index in [9.17, 15) is 8.78 Å². The topological polar surface area (TPSA) is 29.9 Å². The fourth-order valence-electron chi connectivity index (χ4n) is 0.968. The maximum absolute atomic E-state index is 12.3. The van der Waals surface area contributed by atoms with Crippen molar-refractivity contribution in [2.24, 2.45) is 0 Å². The molecule has 0 spiro atoms. The summed E-state index contributed by atoms with van der Waals surface area (Å²) >= 11 is 5.49. The summed E-state index contributed by atoms with van der Waals surface area (Å²) in [5.41, 5.74) is 0. The predicted octanol–water partition coefficient (Wildman–Crippen LogP) is 2.12. The minimum atomic E-state index is -2.56. The molecule has 0 unspecified atom stereocenters. The molecule has 0 aromatic carbocycles. The van der Waals surface area contributed by atoms with Crippen LogP contribution in [0, 0.1) is 0 Å². The maximum atomic E-state index is 12.3. The van der Waals surface area contributed by atoms with E-state index in [0.29, 0.717) is 11.6 Å². The number of hydrogen-bond acceptors (Lipinski definition) is 2. The molecule has 1 aromatic heterocycles. The summed E-state index contributed by atoms with van der Waals surface area (Å²) in [6.07, 6.45) is 2.57. The molecule has 0 saturated heterocycles. The van der Waals surface area contributed by atoms with E-state index < -0.39 is 6.55 Å². The molecule has 0 aliphatic carbocycles. The molecular formula is C8H10ClF2N3. The summed E-state index contributed by atoms with van der Waals surface area (Å²) in [5, 5.41) is 3.27. The maximum Gasteiger partial charge on any atom is 0.319 e. The first-order chi connectivity index (χ1) is 6.61. The second-order valence-corrected chi connectivity index (χ2v) is 3.18. The van der Waals surface area contributed by atoms with Crippen molar-refractivity contribution in [3.05, 3.63) is 29.8 Å². The van der Waals surface area contributed by atoms with Gasteiger partial charge in [-0.3, -0.25) is 4.57 Å². The van der Waals surface area contributed by atoms with E-state index in [0.717, 1.165) is 4.57 Å². The van der Waals surface area contributed by atoms with E-state index in [1.807, 2.05) is 0 Å². The number of rotatable bonds is 5. The van der Waals surface area contributed by atoms with Crippen molar-refractivity contribution >= 4 is 11.6 Å². The molecule has 0 atom stereocenters. The van der Waals surface area contributed by atoms with E-state index in [4.69, 9.17) is 11.6 Å². The van der Waals surface area contributed by atoms with Gasteiger partial charge in [-0.1, -0.05) is 18.2 Å². The predicted molar refractivity (Wildman–Crippen MR) is 50.2 cm³/mol. The second-order valence-electron chi connectivity index (χ2n) is 2.65. The van der Waals surface area contributed by atoms with Crippen LogP contribution in [-0.4, -0.2) is 16.1 Å². The molecular weight excluding hydrogens is 212 g/mol. The van der Waals surface area contributed by atoms with Crippen molar-refractivity contribution in [3.8, 4) is 0 Å². The lowest BCUT2D eigenvalue weighted by Crippen LogP contribution is -2.18. The van der Waals surface area contributed by atoms with Crippen molar-refractivity contribution in [1.82, 2.24) is 14.9 Å². The average molecular weight is 222 g/mol. The monoisotopic (exact) mass is 221 g/mol. The number of hydrogen-bond donors (Lipinski definition) is 1. The van der Waals surface area contributed by atoms with Crippen LogP contribution in [0.4, 0.5) is 8.78 Å². The van der Waals surface area contributed by atoms with Gasteiger partial charge in [0.15, 0.2) is 0 Å². The fourth-order valence-corrected chi connectivity index (χ4v) is 1.06. The van der Waals surface area contributed by atoms with Crippen LogP contribution in [0.15, 0.2) is 24.0 Å². The summed E-state index contributed by atoms with van der Waals surface area (Å²) in [6.45, 7) is 1.51. The Morgan fingerprint density at radius 1 is 1.71 bits per heavy atom. The van der Waals surface area contributed by atoms with Gasteiger partial charge in [-0.05, 0) is 0 Å². The Labute approximate surface area is 85.4 Å². The van der Waals surface area contributed by atoms with Crippen molar-refractivity contribution in [2.45, 2.75) is 13.1 Å². The summed E-state index contributed by atoms with van der Waals surface area (Å²) in [5.74, 6) is 0.276. The van der Waals surface area contributed by atoms with Gasteiger partial charge >= 0.3 is 6.55 Å². The Hall–Kier alpha value is -0.940. The number of nitrogens with zero attached hydrogens (tertiary/aromatic N) is 2. The lowest BCUT2D eigenvalue weighted by atomic mass is 10.5. The average Bonchev–Trinajstić information content (AvgIpc) is 2.51. The van der Waals surface area contributed by atoms with Crippen molar-refractivity contribution in [2.75, 3.05) is 6.54 Å². The zero-order valence-corrected chi connectivity index (χ0v) is 8.14. The molecule has 0 saturated carbocycles. The highest BCUT2D eigenvalue weighted by atomic mass is 35.5. The van der Waals surface area contributed by atoms with Gasteiger partial charge in [-0.25, -0.2) is 4.98 Å². The molecule has 0 radical (unpaired) electrons. The van der Waals surface area contributed by atoms with Gasteiger partial charge in [0.05, 0.1) is 6.54 Å². The Balaban J connectivity index is 2.50. The van der Waals surface area contributed by atoms with Crippen LogP contribution in [0.25, 0.3) is 0 Å². The highest BCUT2D eigenvalue weighted by Crippen LogP contribution is 2.11. The Kier molecular flexibility index (Phi) is 4.03. The van der Waals surface area contributed by atoms with E-state index >= 15 is 0 Å². The van der Waals surface area contributed by atoms with Crippen molar-refractivity contribution < 1.29 is 8.78 Å². The molecule has 14 heavy (non-hydrogen) atoms. The highest BCUT2D eigenvalue weighted by Gasteiger charge is 2.10. The van der Waals surface area contributed by atoms with E-state index in [1.54, 1.807) is 0 Å². The second kappa shape index (κ2) is 5.07. The molecule has 78 valence electrons. The Morgan fingerprint density at radius 2 is 2.43 bits per heavy atom. The SMILES string of the molecule is C=C(Cl)CNCc1nccn1C(F)F. The van der Waals surface area contributed by atoms with Crippen LogP contribution >= 0.6 is 11.6 Å². The number of halogens is 3. The lowest BCUT2D eigenvalue weighted by molar-refractivity contribution is 0.0667. The molecule has 0 amide bonds. The van der Waals surface area contributed by atoms with Crippen LogP contribution < -0.4 is 5.32 Å². The molecule has 0 bridgehead atoms. The first-order valence-electron chi connectivity index (χ1n) is 3.95. The van der Waals surface area contributed by atoms with Crippen LogP contribution in [0.5, 0.6) is 0 Å². The van der Waals surface area contributed by atoms with E-state index in [-0.39, 0.29) is 12.4 Å². The molecule has 1 N–H and O–H groups in total. The third kappa shape index (κ3) is 3.08. The zero-order chi connectivity index (χ0) is 10.6. The molecule has 1 rings (SSSR count). The molecule has 3 nitrogen and oxygen atoms in total. The van der Waals surface area contributed by atoms with Gasteiger partial charge in [0, 0.05) is 24.0 Å².